The number of hydrogen-bond acceptors (Lipinski definition) is 4. The van der Waals surface area contributed by atoms with Crippen molar-refractivity contribution >= 4 is 24.4 Å². The zero-order valence-corrected chi connectivity index (χ0v) is 5.43. The van der Waals surface area contributed by atoms with Gasteiger partial charge < -0.3 is 5.11 Å². The van der Waals surface area contributed by atoms with Crippen LogP contribution in [0.1, 0.15) is 0 Å². The van der Waals surface area contributed by atoms with Gasteiger partial charge in [0, 0.05) is 12.3 Å². The first-order chi connectivity index (χ1) is 3.21. The van der Waals surface area contributed by atoms with E-state index in [1.165, 1.54) is 11.8 Å². The molecule has 0 aliphatic carbocycles. The number of aliphatic hydroxyl groups is 1. The Bertz CT molecular complexity index is 67.3. The summed E-state index contributed by atoms with van der Waals surface area (Å²) in [5.41, 5.74) is 0. The minimum Gasteiger partial charge on any atom is -0.358 e. The van der Waals surface area contributed by atoms with Gasteiger partial charge in [-0.05, 0) is 0 Å². The van der Waals surface area contributed by atoms with Crippen molar-refractivity contribution in [3.8, 4) is 0 Å². The summed E-state index contributed by atoms with van der Waals surface area (Å²) in [4.78, 5) is 0. The van der Waals surface area contributed by atoms with Crippen molar-refractivity contribution < 1.29 is 5.11 Å². The quantitative estimate of drug-likeness (QED) is 0.321. The van der Waals surface area contributed by atoms with Gasteiger partial charge in [-0.1, -0.05) is 11.8 Å². The lowest BCUT2D eigenvalue weighted by molar-refractivity contribution is 0.205. The molecule has 0 spiro atoms. The first-order valence-corrected chi connectivity index (χ1v) is 3.48. The Labute approximate surface area is 52.1 Å². The highest BCUT2D eigenvalue weighted by molar-refractivity contribution is 8.11. The molecule has 42 valence electrons. The topological polar surface area (TPSA) is 32.3 Å². The molecule has 1 unspecified atom stereocenters. The van der Waals surface area contributed by atoms with Crippen LogP contribution in [0.15, 0.2) is 0 Å². The van der Waals surface area contributed by atoms with Crippen LogP contribution in [-0.2, 0) is 0 Å². The van der Waals surface area contributed by atoms with Crippen molar-refractivity contribution in [1.29, 1.82) is 0 Å². The molecular formula is C3H7NOS2. The number of thiol groups is 1. The summed E-state index contributed by atoms with van der Waals surface area (Å²) in [6.45, 7) is 0.852. The maximum Gasteiger partial charge on any atom is 0.211 e. The van der Waals surface area contributed by atoms with Crippen LogP contribution >= 0.6 is 24.4 Å². The molecule has 2 N–H and O–H groups in total. The minimum atomic E-state index is -0.944. The highest BCUT2D eigenvalue weighted by Crippen LogP contribution is 2.26. The van der Waals surface area contributed by atoms with E-state index in [-0.39, 0.29) is 0 Å². The van der Waals surface area contributed by atoms with Gasteiger partial charge in [-0.2, -0.15) is 0 Å². The van der Waals surface area contributed by atoms with Crippen LogP contribution in [0.2, 0.25) is 0 Å². The Morgan fingerprint density at radius 2 is 2.57 bits per heavy atom. The first kappa shape index (κ1) is 5.75. The second kappa shape index (κ2) is 1.85. The predicted molar refractivity (Wildman–Crippen MR) is 34.4 cm³/mol. The van der Waals surface area contributed by atoms with E-state index in [0.717, 1.165) is 12.3 Å². The van der Waals surface area contributed by atoms with Crippen molar-refractivity contribution in [2.24, 2.45) is 0 Å². The molecule has 2 nitrogen and oxygen atoms in total. The van der Waals surface area contributed by atoms with E-state index in [4.69, 9.17) is 5.11 Å². The second-order valence-electron chi connectivity index (χ2n) is 1.38. The normalized spacial score (nSPS) is 42.0. The third-order valence-corrected chi connectivity index (χ3v) is 2.26. The zero-order chi connectivity index (χ0) is 5.33. The molecule has 0 aromatic heterocycles. The van der Waals surface area contributed by atoms with Gasteiger partial charge in [-0.25, -0.2) is 0 Å². The molecule has 1 fully saturated rings. The molecule has 0 amide bonds. The average molecular weight is 137 g/mol. The van der Waals surface area contributed by atoms with E-state index >= 15 is 0 Å². The summed E-state index contributed by atoms with van der Waals surface area (Å²) >= 11 is 5.26. The molecule has 4 heteroatoms. The molecule has 0 saturated carbocycles. The van der Waals surface area contributed by atoms with Gasteiger partial charge in [-0.3, -0.25) is 5.32 Å². The van der Waals surface area contributed by atoms with Crippen molar-refractivity contribution in [3.05, 3.63) is 0 Å². The Balaban J connectivity index is 2.40. The summed E-state index contributed by atoms with van der Waals surface area (Å²) in [6.07, 6.45) is 0. The zero-order valence-electron chi connectivity index (χ0n) is 3.72. The predicted octanol–water partition coefficient (Wildman–Crippen LogP) is -0.144. The molecule has 1 aliphatic heterocycles. The molecule has 0 aromatic rings. The lowest BCUT2D eigenvalue weighted by atomic mass is 10.8. The van der Waals surface area contributed by atoms with E-state index in [0.29, 0.717) is 0 Å². The Morgan fingerprint density at radius 3 is 2.71 bits per heavy atom. The number of thioether (sulfide) groups is 1. The highest BCUT2D eigenvalue weighted by Gasteiger charge is 2.25. The summed E-state index contributed by atoms with van der Waals surface area (Å²) < 4.78 is -0.944. The van der Waals surface area contributed by atoms with Gasteiger partial charge in [0.2, 0.25) is 4.39 Å². The molecule has 1 rings (SSSR count). The first-order valence-electron chi connectivity index (χ1n) is 2.04. The fourth-order valence-electron chi connectivity index (χ4n) is 0.458. The number of rotatable bonds is 0. The lowest BCUT2D eigenvalue weighted by Gasteiger charge is -2.11. The molecule has 1 atom stereocenters. The van der Waals surface area contributed by atoms with Gasteiger partial charge in [-0.15, -0.1) is 12.6 Å². The van der Waals surface area contributed by atoms with Crippen LogP contribution < -0.4 is 5.32 Å². The van der Waals surface area contributed by atoms with Crippen molar-refractivity contribution in [3.63, 3.8) is 0 Å². The van der Waals surface area contributed by atoms with Crippen LogP contribution in [0.5, 0.6) is 0 Å². The molecule has 0 radical (unpaired) electrons. The minimum absolute atomic E-state index is 0.852. The maximum atomic E-state index is 8.91. The Hall–Kier alpha value is 0.620. The van der Waals surface area contributed by atoms with Crippen LogP contribution in [0.4, 0.5) is 0 Å². The maximum absolute atomic E-state index is 8.91. The fourth-order valence-corrected chi connectivity index (χ4v) is 1.54. The molecular weight excluding hydrogens is 130 g/mol. The van der Waals surface area contributed by atoms with E-state index in [2.05, 4.69) is 17.9 Å². The van der Waals surface area contributed by atoms with Crippen molar-refractivity contribution in [1.82, 2.24) is 5.32 Å². The van der Waals surface area contributed by atoms with E-state index in [1.54, 1.807) is 0 Å². The van der Waals surface area contributed by atoms with Gasteiger partial charge >= 0.3 is 0 Å². The standard InChI is InChI=1S/C3H7NOS2/c5-3(6)4-1-2-7-3/h4-6H,1-2H2. The van der Waals surface area contributed by atoms with Crippen LogP contribution in [0.25, 0.3) is 0 Å². The van der Waals surface area contributed by atoms with Gasteiger partial charge in [0.05, 0.1) is 0 Å². The molecule has 1 saturated heterocycles. The molecule has 0 bridgehead atoms. The van der Waals surface area contributed by atoms with Crippen LogP contribution in [0, 0.1) is 0 Å². The van der Waals surface area contributed by atoms with E-state index in [1.807, 2.05) is 0 Å². The van der Waals surface area contributed by atoms with Crippen LogP contribution in [0.3, 0.4) is 0 Å². The van der Waals surface area contributed by atoms with Gasteiger partial charge in [0.1, 0.15) is 0 Å². The molecule has 1 heterocycles. The summed E-state index contributed by atoms with van der Waals surface area (Å²) in [6, 6.07) is 0. The average Bonchev–Trinajstić information content (AvgIpc) is 1.84. The van der Waals surface area contributed by atoms with Crippen molar-refractivity contribution in [2.75, 3.05) is 12.3 Å². The van der Waals surface area contributed by atoms with Crippen LogP contribution in [-0.4, -0.2) is 21.8 Å². The number of hydrogen-bond donors (Lipinski definition) is 3. The third-order valence-electron chi connectivity index (χ3n) is 0.761. The monoisotopic (exact) mass is 137 g/mol. The van der Waals surface area contributed by atoms with Crippen molar-refractivity contribution in [2.45, 2.75) is 4.39 Å². The van der Waals surface area contributed by atoms with E-state index < -0.39 is 4.39 Å². The molecule has 0 aromatic carbocycles. The smallest absolute Gasteiger partial charge is 0.211 e. The highest BCUT2D eigenvalue weighted by atomic mass is 32.2. The fraction of sp³-hybridized carbons (Fsp3) is 1.00. The number of nitrogens with one attached hydrogen (secondary N) is 1. The Kier molecular flexibility index (Phi) is 1.52. The third kappa shape index (κ3) is 1.53. The molecule has 7 heavy (non-hydrogen) atoms. The lowest BCUT2D eigenvalue weighted by Crippen LogP contribution is -2.29. The summed E-state index contributed by atoms with van der Waals surface area (Å²) in [7, 11) is 0. The SMILES string of the molecule is OC1(S)NCCS1. The summed E-state index contributed by atoms with van der Waals surface area (Å²) in [5.74, 6) is 0.944. The van der Waals surface area contributed by atoms with E-state index in [9.17, 15) is 0 Å². The molecule has 1 aliphatic rings. The van der Waals surface area contributed by atoms with Gasteiger partial charge in [0.15, 0.2) is 0 Å². The second-order valence-corrected chi connectivity index (χ2v) is 3.62. The van der Waals surface area contributed by atoms with Gasteiger partial charge in [0.25, 0.3) is 0 Å². The summed E-state index contributed by atoms with van der Waals surface area (Å²) in [5, 5.41) is 11.7. The largest absolute Gasteiger partial charge is 0.358 e. The Morgan fingerprint density at radius 1 is 1.86 bits per heavy atom.